The van der Waals surface area contributed by atoms with Crippen LogP contribution in [0.2, 0.25) is 0 Å². The van der Waals surface area contributed by atoms with Gasteiger partial charge in [-0.15, -0.1) is 9.24 Å². The molecule has 5 nitrogen and oxygen atoms in total. The van der Waals surface area contributed by atoms with E-state index in [1.54, 1.807) is 0 Å². The van der Waals surface area contributed by atoms with Crippen molar-refractivity contribution in [3.05, 3.63) is 59.8 Å². The topological polar surface area (TPSA) is 58.6 Å². The zero-order valence-corrected chi connectivity index (χ0v) is 22.2. The molecule has 3 fully saturated rings. The minimum absolute atomic E-state index is 0.120. The van der Waals surface area contributed by atoms with Gasteiger partial charge in [-0.25, -0.2) is 13.1 Å². The molecule has 5 rings (SSSR count). The van der Waals surface area contributed by atoms with Gasteiger partial charge in [0.1, 0.15) is 7.85 Å². The molecule has 0 amide bonds. The summed E-state index contributed by atoms with van der Waals surface area (Å²) in [5.41, 5.74) is 5.14. The number of hydrogen-bond acceptors (Lipinski definition) is 4. The number of aryl methyl sites for hydroxylation is 1. The van der Waals surface area contributed by atoms with Crippen LogP contribution >= 0.6 is 9.24 Å². The molecule has 1 aliphatic carbocycles. The van der Waals surface area contributed by atoms with E-state index in [-0.39, 0.29) is 17.6 Å². The van der Waals surface area contributed by atoms with Gasteiger partial charge in [-0.3, -0.25) is 0 Å². The van der Waals surface area contributed by atoms with Crippen molar-refractivity contribution in [2.75, 3.05) is 13.2 Å². The van der Waals surface area contributed by atoms with Gasteiger partial charge in [0, 0.05) is 36.2 Å². The van der Waals surface area contributed by atoms with Crippen molar-refractivity contribution in [1.82, 2.24) is 9.62 Å². The summed E-state index contributed by atoms with van der Waals surface area (Å²) in [6, 6.07) is 10.9. The summed E-state index contributed by atoms with van der Waals surface area (Å²) in [4.78, 5) is 2.11. The van der Waals surface area contributed by atoms with Crippen molar-refractivity contribution in [2.45, 2.75) is 56.6 Å². The average molecular weight is 530 g/mol. The van der Waals surface area contributed by atoms with Gasteiger partial charge < -0.3 is 9.64 Å². The number of nitrogens with one attached hydrogen (secondary N) is 1. The molecular weight excluding hydrogens is 500 g/mol. The molecule has 2 aromatic carbocycles. The second-order valence-electron chi connectivity index (χ2n) is 10.3. The highest BCUT2D eigenvalue weighted by Gasteiger charge is 2.61. The maximum absolute atomic E-state index is 13.4. The quantitative estimate of drug-likeness (QED) is 0.422. The van der Waals surface area contributed by atoms with E-state index in [1.165, 1.54) is 0 Å². The van der Waals surface area contributed by atoms with Crippen molar-refractivity contribution < 1.29 is 21.9 Å². The summed E-state index contributed by atoms with van der Waals surface area (Å²) < 4.78 is 59.5. The van der Waals surface area contributed by atoms with Crippen LogP contribution in [0, 0.1) is 12.3 Å². The lowest BCUT2D eigenvalue weighted by atomic mass is 9.88. The van der Waals surface area contributed by atoms with E-state index in [9.17, 15) is 17.2 Å². The van der Waals surface area contributed by atoms with Gasteiger partial charge in [-0.2, -0.15) is 8.78 Å². The number of likely N-dealkylation sites (tertiary alicyclic amines) is 1. The second kappa shape index (κ2) is 9.50. The lowest BCUT2D eigenvalue weighted by Crippen LogP contribution is -2.51. The fraction of sp³-hybridized carbons (Fsp3) is 0.462. The van der Waals surface area contributed by atoms with Gasteiger partial charge >= 0.3 is 5.76 Å². The number of hydrogen-bond donors (Lipinski definition) is 1. The normalized spacial score (nSPS) is 24.8. The molecular formula is C26H30BF2N2O3PS. The van der Waals surface area contributed by atoms with Gasteiger partial charge in [0.2, 0.25) is 0 Å². The number of halogens is 2. The molecule has 2 saturated heterocycles. The van der Waals surface area contributed by atoms with Crippen LogP contribution in [0.1, 0.15) is 30.4 Å². The van der Waals surface area contributed by atoms with Crippen molar-refractivity contribution >= 4 is 37.9 Å². The van der Waals surface area contributed by atoms with E-state index >= 15 is 0 Å². The standard InChI is InChI=1S/C26H30BF2N2O3PS/c1-15-10-18(12-19(27)11-15)20-5-3-4-17(23(20)35)13-21-24(30-36(32,33)25(28)29)26(7-8-26)14-31(21)16(2)22-6-9-34-22/h3-5,10-12,21-22,24-25,30H,2,6-9,13-14,35H2,1H3. The van der Waals surface area contributed by atoms with Crippen LogP contribution in [-0.4, -0.2) is 58.3 Å². The molecule has 1 saturated carbocycles. The largest absolute Gasteiger partial charge is 0.372 e. The number of nitrogens with zero attached hydrogens (tertiary/aromatic N) is 1. The summed E-state index contributed by atoms with van der Waals surface area (Å²) >= 11 is 0. The first-order chi connectivity index (χ1) is 17.0. The number of rotatable bonds is 8. The first-order valence-electron chi connectivity index (χ1n) is 12.1. The lowest BCUT2D eigenvalue weighted by molar-refractivity contribution is -0.0424. The Morgan fingerprint density at radius 2 is 2.06 bits per heavy atom. The zero-order chi connectivity index (χ0) is 25.8. The Morgan fingerprint density at radius 1 is 1.33 bits per heavy atom. The van der Waals surface area contributed by atoms with Crippen LogP contribution in [0.5, 0.6) is 0 Å². The summed E-state index contributed by atoms with van der Waals surface area (Å²) in [5.74, 6) is -3.48. The Labute approximate surface area is 215 Å². The van der Waals surface area contributed by atoms with Crippen LogP contribution in [0.3, 0.4) is 0 Å². The summed E-state index contributed by atoms with van der Waals surface area (Å²) in [7, 11) is 4.14. The number of sulfonamides is 1. The fourth-order valence-corrected chi connectivity index (χ4v) is 7.01. The third kappa shape index (κ3) is 4.76. The highest BCUT2D eigenvalue weighted by Crippen LogP contribution is 2.56. The van der Waals surface area contributed by atoms with Gasteiger partial charge in [0.15, 0.2) is 0 Å². The number of benzene rings is 2. The average Bonchev–Trinajstić information content (AvgIpc) is 3.48. The SMILES string of the molecule is [B]c1cc(C)cc(-c2cccc(CC3C(NS(=O)(=O)C(F)F)C4(CC4)CN3C(=C)C3CCO3)c2P)c1. The molecule has 0 aromatic heterocycles. The van der Waals surface area contributed by atoms with Gasteiger partial charge in [0.05, 0.1) is 12.7 Å². The zero-order valence-electron chi connectivity index (χ0n) is 20.2. The fourth-order valence-electron chi connectivity index (χ4n) is 5.67. The second-order valence-corrected chi connectivity index (χ2v) is 12.6. The first-order valence-corrected chi connectivity index (χ1v) is 14.2. The predicted octanol–water partition coefficient (Wildman–Crippen LogP) is 2.78. The third-order valence-electron chi connectivity index (χ3n) is 7.82. The molecule has 2 radical (unpaired) electrons. The molecule has 4 atom stereocenters. The molecule has 4 unspecified atom stereocenters. The van der Waals surface area contributed by atoms with Crippen LogP contribution in [0.15, 0.2) is 48.7 Å². The van der Waals surface area contributed by atoms with Crippen LogP contribution in [-0.2, 0) is 21.2 Å². The Bertz CT molecular complexity index is 1280. The summed E-state index contributed by atoms with van der Waals surface area (Å²) in [6.07, 6.45) is 2.77. The third-order valence-corrected chi connectivity index (χ3v) is 9.56. The van der Waals surface area contributed by atoms with E-state index in [2.05, 4.69) is 31.5 Å². The molecule has 190 valence electrons. The van der Waals surface area contributed by atoms with Gasteiger partial charge in [-0.05, 0) is 48.2 Å². The van der Waals surface area contributed by atoms with E-state index in [4.69, 9.17) is 12.6 Å². The molecule has 2 aromatic rings. The molecule has 0 bridgehead atoms. The lowest BCUT2D eigenvalue weighted by Gasteiger charge is -2.38. The first kappa shape index (κ1) is 25.8. The van der Waals surface area contributed by atoms with Gasteiger partial charge in [0.25, 0.3) is 10.0 Å². The smallest absolute Gasteiger partial charge is 0.350 e. The predicted molar refractivity (Wildman–Crippen MR) is 143 cm³/mol. The summed E-state index contributed by atoms with van der Waals surface area (Å²) in [6.45, 7) is 7.50. The Balaban J connectivity index is 1.52. The van der Waals surface area contributed by atoms with Crippen molar-refractivity contribution in [3.8, 4) is 11.1 Å². The minimum atomic E-state index is -4.76. The van der Waals surface area contributed by atoms with Crippen LogP contribution < -0.4 is 15.5 Å². The molecule has 1 N–H and O–H groups in total. The number of ether oxygens (including phenoxy) is 1. The van der Waals surface area contributed by atoms with E-state index < -0.39 is 21.8 Å². The van der Waals surface area contributed by atoms with Crippen molar-refractivity contribution in [2.24, 2.45) is 5.41 Å². The molecule has 10 heteroatoms. The highest BCUT2D eigenvalue weighted by molar-refractivity contribution is 7.89. The Morgan fingerprint density at radius 3 is 2.64 bits per heavy atom. The minimum Gasteiger partial charge on any atom is -0.372 e. The van der Waals surface area contributed by atoms with Gasteiger partial charge in [-0.1, -0.05) is 54.0 Å². The van der Waals surface area contributed by atoms with Crippen molar-refractivity contribution in [1.29, 1.82) is 0 Å². The molecule has 36 heavy (non-hydrogen) atoms. The molecule has 2 heterocycles. The molecule has 2 aliphatic heterocycles. The maximum atomic E-state index is 13.4. The maximum Gasteiger partial charge on any atom is 0.350 e. The highest BCUT2D eigenvalue weighted by atomic mass is 32.2. The molecule has 1 spiro atoms. The monoisotopic (exact) mass is 530 g/mol. The Kier molecular flexibility index (Phi) is 6.82. The summed E-state index contributed by atoms with van der Waals surface area (Å²) in [5, 5.41) is 0.972. The Hall–Kier alpha value is -1.80. The number of alkyl halides is 2. The molecule has 3 aliphatic rings. The van der Waals surface area contributed by atoms with E-state index in [0.29, 0.717) is 25.0 Å². The van der Waals surface area contributed by atoms with Crippen LogP contribution in [0.25, 0.3) is 11.1 Å². The van der Waals surface area contributed by atoms with E-state index in [1.807, 2.05) is 37.3 Å². The van der Waals surface area contributed by atoms with Crippen molar-refractivity contribution in [3.63, 3.8) is 0 Å². The van der Waals surface area contributed by atoms with Crippen LogP contribution in [0.4, 0.5) is 8.78 Å². The van der Waals surface area contributed by atoms with E-state index in [0.717, 1.165) is 52.5 Å².